The Bertz CT molecular complexity index is 626. The topological polar surface area (TPSA) is 80.7 Å². The predicted octanol–water partition coefficient (Wildman–Crippen LogP) is 2.07. The van der Waals surface area contributed by atoms with Crippen LogP contribution in [0.3, 0.4) is 0 Å². The smallest absolute Gasteiger partial charge is 0.410 e. The van der Waals surface area contributed by atoms with E-state index in [0.29, 0.717) is 19.6 Å². The molecule has 2 heterocycles. The van der Waals surface area contributed by atoms with Crippen molar-refractivity contribution >= 4 is 41.9 Å². The molecule has 10 heteroatoms. The molecule has 2 rings (SSSR count). The third-order valence-corrected chi connectivity index (χ3v) is 5.85. The number of carbonyl (C=O) groups is 2. The molecule has 2 amide bonds. The van der Waals surface area contributed by atoms with Gasteiger partial charge in [0.1, 0.15) is 5.60 Å². The Morgan fingerprint density at radius 3 is 2.16 bits per heavy atom. The first-order chi connectivity index (χ1) is 14.7. The summed E-state index contributed by atoms with van der Waals surface area (Å²) in [6.45, 7) is 16.4. The van der Waals surface area contributed by atoms with Crippen LogP contribution in [0.1, 0.15) is 47.5 Å². The van der Waals surface area contributed by atoms with Gasteiger partial charge in [0.15, 0.2) is 5.96 Å². The summed E-state index contributed by atoms with van der Waals surface area (Å²) in [5, 5.41) is 3.37. The van der Waals surface area contributed by atoms with E-state index in [1.54, 1.807) is 11.9 Å². The molecule has 1 unspecified atom stereocenters. The van der Waals surface area contributed by atoms with Crippen molar-refractivity contribution in [3.8, 4) is 0 Å². The number of likely N-dealkylation sites (N-methyl/N-ethyl adjacent to an activating group) is 1. The van der Waals surface area contributed by atoms with Crippen molar-refractivity contribution in [3.63, 3.8) is 0 Å². The Kier molecular flexibility index (Phi) is 12.0. The Morgan fingerprint density at radius 2 is 1.66 bits per heavy atom. The number of nitrogens with zero attached hydrogens (tertiary/aromatic N) is 5. The van der Waals surface area contributed by atoms with Crippen molar-refractivity contribution in [1.29, 1.82) is 0 Å². The molecule has 2 fully saturated rings. The molecule has 1 N–H and O–H groups in total. The highest BCUT2D eigenvalue weighted by Crippen LogP contribution is 2.14. The van der Waals surface area contributed by atoms with Crippen LogP contribution in [-0.4, -0.2) is 115 Å². The monoisotopic (exact) mass is 566 g/mol. The highest BCUT2D eigenvalue weighted by Gasteiger charge is 2.30. The molecule has 0 saturated carbocycles. The number of ether oxygens (including phenoxy) is 1. The number of hydrogen-bond acceptors (Lipinski definition) is 5. The van der Waals surface area contributed by atoms with Gasteiger partial charge in [-0.05, 0) is 47.5 Å². The van der Waals surface area contributed by atoms with Gasteiger partial charge in [0, 0.05) is 66.0 Å². The molecule has 0 aromatic heterocycles. The first-order valence-electron chi connectivity index (χ1n) is 11.6. The molecular formula is C22H43IN6O3. The van der Waals surface area contributed by atoms with Crippen LogP contribution in [0.15, 0.2) is 4.99 Å². The minimum atomic E-state index is -0.499. The van der Waals surface area contributed by atoms with Crippen LogP contribution >= 0.6 is 24.0 Å². The molecule has 2 aliphatic heterocycles. The Hall–Kier alpha value is -1.30. The van der Waals surface area contributed by atoms with E-state index in [-0.39, 0.29) is 42.0 Å². The first kappa shape index (κ1) is 28.7. The zero-order valence-corrected chi connectivity index (χ0v) is 23.1. The molecule has 0 radical (unpaired) electrons. The molecule has 0 bridgehead atoms. The maximum absolute atomic E-state index is 12.7. The van der Waals surface area contributed by atoms with Crippen LogP contribution in [0.5, 0.6) is 0 Å². The summed E-state index contributed by atoms with van der Waals surface area (Å²) in [7, 11) is 1.78. The number of likely N-dealkylation sites (tertiary alicyclic amines) is 1. The average Bonchev–Trinajstić information content (AvgIpc) is 3.26. The highest BCUT2D eigenvalue weighted by molar-refractivity contribution is 14.0. The molecule has 2 saturated heterocycles. The normalized spacial score (nSPS) is 18.8. The second-order valence-corrected chi connectivity index (χ2v) is 9.27. The van der Waals surface area contributed by atoms with Crippen molar-refractivity contribution < 1.29 is 14.3 Å². The lowest BCUT2D eigenvalue weighted by molar-refractivity contribution is -0.135. The maximum Gasteiger partial charge on any atom is 0.410 e. The molecule has 0 aromatic rings. The predicted molar refractivity (Wildman–Crippen MR) is 139 cm³/mol. The summed E-state index contributed by atoms with van der Waals surface area (Å²) in [6, 6.07) is -0.0674. The SMILES string of the molecule is CCN(CCNC(=NC)N1CCN(C(C)C(=O)N2CCCC2)CC1)C(=O)OC(C)(C)C.I. The number of rotatable bonds is 6. The van der Waals surface area contributed by atoms with Crippen LogP contribution < -0.4 is 5.32 Å². The summed E-state index contributed by atoms with van der Waals surface area (Å²) < 4.78 is 5.46. The molecule has 1 atom stereocenters. The van der Waals surface area contributed by atoms with Crippen LogP contribution in [0, 0.1) is 0 Å². The second-order valence-electron chi connectivity index (χ2n) is 9.27. The third-order valence-electron chi connectivity index (χ3n) is 5.85. The number of hydrogen-bond donors (Lipinski definition) is 1. The number of halogens is 1. The van der Waals surface area contributed by atoms with Crippen LogP contribution in [0.2, 0.25) is 0 Å². The molecule has 186 valence electrons. The number of piperazine rings is 1. The van der Waals surface area contributed by atoms with Crippen molar-refractivity contribution in [2.45, 2.75) is 59.1 Å². The van der Waals surface area contributed by atoms with Crippen molar-refractivity contribution in [2.24, 2.45) is 4.99 Å². The zero-order chi connectivity index (χ0) is 23.0. The summed E-state index contributed by atoms with van der Waals surface area (Å²) in [4.78, 5) is 37.6. The van der Waals surface area contributed by atoms with Crippen molar-refractivity contribution in [1.82, 2.24) is 24.9 Å². The van der Waals surface area contributed by atoms with E-state index in [2.05, 4.69) is 20.1 Å². The Balaban J connectivity index is 0.00000512. The molecule has 9 nitrogen and oxygen atoms in total. The number of amides is 2. The molecule has 0 aliphatic carbocycles. The quantitative estimate of drug-likeness (QED) is 0.301. The summed E-state index contributed by atoms with van der Waals surface area (Å²) >= 11 is 0. The fraction of sp³-hybridized carbons (Fsp3) is 0.864. The molecular weight excluding hydrogens is 523 g/mol. The molecule has 0 aromatic carbocycles. The fourth-order valence-electron chi connectivity index (χ4n) is 4.02. The Morgan fingerprint density at radius 1 is 1.06 bits per heavy atom. The van der Waals surface area contributed by atoms with Gasteiger partial charge in [-0.2, -0.15) is 0 Å². The first-order valence-corrected chi connectivity index (χ1v) is 11.6. The van der Waals surface area contributed by atoms with Crippen molar-refractivity contribution in [3.05, 3.63) is 0 Å². The van der Waals surface area contributed by atoms with E-state index in [4.69, 9.17) is 4.74 Å². The number of aliphatic imine (C=N–C) groups is 1. The van der Waals surface area contributed by atoms with Gasteiger partial charge in [0.25, 0.3) is 0 Å². The van der Waals surface area contributed by atoms with E-state index in [9.17, 15) is 9.59 Å². The van der Waals surface area contributed by atoms with Gasteiger partial charge in [0.2, 0.25) is 5.91 Å². The van der Waals surface area contributed by atoms with Gasteiger partial charge in [-0.1, -0.05) is 0 Å². The number of nitrogens with one attached hydrogen (secondary N) is 1. The average molecular weight is 567 g/mol. The van der Waals surface area contributed by atoms with E-state index in [0.717, 1.165) is 58.1 Å². The summed E-state index contributed by atoms with van der Waals surface area (Å²) in [5.74, 6) is 1.09. The molecule has 32 heavy (non-hydrogen) atoms. The molecule has 2 aliphatic rings. The number of guanidine groups is 1. The highest BCUT2D eigenvalue weighted by atomic mass is 127. The minimum Gasteiger partial charge on any atom is -0.444 e. The van der Waals surface area contributed by atoms with E-state index >= 15 is 0 Å². The lowest BCUT2D eigenvalue weighted by atomic mass is 10.2. The maximum atomic E-state index is 12.7. The third kappa shape index (κ3) is 8.57. The van der Waals surface area contributed by atoms with Crippen LogP contribution in [-0.2, 0) is 9.53 Å². The zero-order valence-electron chi connectivity index (χ0n) is 20.7. The second kappa shape index (κ2) is 13.4. The van der Waals surface area contributed by atoms with E-state index in [1.807, 2.05) is 39.5 Å². The van der Waals surface area contributed by atoms with Crippen LogP contribution in [0.4, 0.5) is 4.79 Å². The van der Waals surface area contributed by atoms with Gasteiger partial charge < -0.3 is 24.8 Å². The molecule has 0 spiro atoms. The van der Waals surface area contributed by atoms with Gasteiger partial charge in [-0.3, -0.25) is 14.7 Å². The van der Waals surface area contributed by atoms with Crippen LogP contribution in [0.25, 0.3) is 0 Å². The van der Waals surface area contributed by atoms with Gasteiger partial charge in [0.05, 0.1) is 6.04 Å². The van der Waals surface area contributed by atoms with E-state index in [1.165, 1.54) is 0 Å². The largest absolute Gasteiger partial charge is 0.444 e. The lowest BCUT2D eigenvalue weighted by Gasteiger charge is -2.39. The van der Waals surface area contributed by atoms with Crippen molar-refractivity contribution in [2.75, 3.05) is 66.0 Å². The minimum absolute atomic E-state index is 0. The standard InChI is InChI=1S/C22H42N6O3.HI/c1-7-25(21(30)31-22(3,4)5)13-10-24-20(23-6)28-16-14-26(15-17-28)18(2)19(29)27-11-8-9-12-27;/h18H,7-17H2,1-6H3,(H,23,24);1H. The fourth-order valence-corrected chi connectivity index (χ4v) is 4.02. The summed E-state index contributed by atoms with van der Waals surface area (Å²) in [6.07, 6.45) is 1.95. The summed E-state index contributed by atoms with van der Waals surface area (Å²) in [5.41, 5.74) is -0.499. The Labute approximate surface area is 210 Å². The van der Waals surface area contributed by atoms with Gasteiger partial charge in [-0.25, -0.2) is 4.79 Å². The number of carbonyl (C=O) groups excluding carboxylic acids is 2. The van der Waals surface area contributed by atoms with Gasteiger partial charge in [-0.15, -0.1) is 24.0 Å². The lowest BCUT2D eigenvalue weighted by Crippen LogP contribution is -2.57. The van der Waals surface area contributed by atoms with E-state index < -0.39 is 5.60 Å². The van der Waals surface area contributed by atoms with Gasteiger partial charge >= 0.3 is 6.09 Å².